The zero-order valence-corrected chi connectivity index (χ0v) is 5.63. The van der Waals surface area contributed by atoms with Crippen molar-refractivity contribution < 1.29 is 4.79 Å². The fourth-order valence-electron chi connectivity index (χ4n) is 0.922. The molecular weight excluding hydrogens is 116 g/mol. The van der Waals surface area contributed by atoms with Gasteiger partial charge in [0.25, 0.3) is 0 Å². The number of hydrogen-bond acceptors (Lipinski definition) is 2. The molecule has 52 valence electrons. The summed E-state index contributed by atoms with van der Waals surface area (Å²) in [4.78, 5) is 10.6. The molecule has 0 saturated heterocycles. The molecule has 1 saturated carbocycles. The number of carbonyl (C=O) groups excluding carboxylic acids is 1. The molecular formula is C6H12N2O. The average Bonchev–Trinajstić information content (AvgIpc) is 1.60. The lowest BCUT2D eigenvalue weighted by Crippen LogP contribution is -2.47. The first-order valence-corrected chi connectivity index (χ1v) is 3.26. The summed E-state index contributed by atoms with van der Waals surface area (Å²) in [5.74, 6) is 5.38. The number of nitrogens with two attached hydrogens (primary N) is 1. The highest BCUT2D eigenvalue weighted by atomic mass is 16.2. The molecule has 0 aromatic rings. The van der Waals surface area contributed by atoms with Crippen LogP contribution < -0.4 is 5.84 Å². The summed E-state index contributed by atoms with van der Waals surface area (Å²) in [7, 11) is 0. The number of nitrogens with zero attached hydrogens (tertiary/aromatic N) is 1. The predicted molar refractivity (Wildman–Crippen MR) is 34.3 cm³/mol. The molecule has 3 heteroatoms. The van der Waals surface area contributed by atoms with Crippen molar-refractivity contribution >= 4 is 5.91 Å². The Morgan fingerprint density at radius 2 is 2.22 bits per heavy atom. The van der Waals surface area contributed by atoms with E-state index < -0.39 is 0 Å². The maximum Gasteiger partial charge on any atom is 0.233 e. The fraction of sp³-hybridized carbons (Fsp3) is 0.833. The van der Waals surface area contributed by atoms with Gasteiger partial charge in [-0.25, -0.2) is 5.84 Å². The van der Waals surface area contributed by atoms with Crippen molar-refractivity contribution in [2.45, 2.75) is 32.2 Å². The van der Waals surface area contributed by atoms with Gasteiger partial charge in [0, 0.05) is 13.0 Å². The molecule has 0 unspecified atom stereocenters. The molecule has 0 aromatic heterocycles. The second-order valence-electron chi connectivity index (χ2n) is 2.51. The Morgan fingerprint density at radius 3 is 2.33 bits per heavy atom. The zero-order chi connectivity index (χ0) is 6.85. The van der Waals surface area contributed by atoms with Crippen molar-refractivity contribution in [3.63, 3.8) is 0 Å². The second-order valence-corrected chi connectivity index (χ2v) is 2.51. The van der Waals surface area contributed by atoms with Gasteiger partial charge in [-0.05, 0) is 19.3 Å². The summed E-state index contributed by atoms with van der Waals surface area (Å²) in [6, 6.07) is 0.336. The van der Waals surface area contributed by atoms with Crippen LogP contribution in [0.15, 0.2) is 0 Å². The molecule has 3 nitrogen and oxygen atoms in total. The highest BCUT2D eigenvalue weighted by Crippen LogP contribution is 2.22. The summed E-state index contributed by atoms with van der Waals surface area (Å²) in [6.07, 6.45) is 3.37. The lowest BCUT2D eigenvalue weighted by molar-refractivity contribution is -0.133. The Bertz CT molecular complexity index is 120. The number of carbonyl (C=O) groups is 1. The molecule has 0 heterocycles. The SMILES string of the molecule is CC(=O)N(N)C1CCC1. The van der Waals surface area contributed by atoms with E-state index in [0.717, 1.165) is 12.8 Å². The summed E-state index contributed by atoms with van der Waals surface area (Å²) in [5.41, 5.74) is 0. The van der Waals surface area contributed by atoms with E-state index in [2.05, 4.69) is 0 Å². The quantitative estimate of drug-likeness (QED) is 0.313. The third-order valence-electron chi connectivity index (χ3n) is 1.83. The van der Waals surface area contributed by atoms with E-state index >= 15 is 0 Å². The summed E-state index contributed by atoms with van der Waals surface area (Å²) >= 11 is 0. The molecule has 9 heavy (non-hydrogen) atoms. The Balaban J connectivity index is 2.32. The Morgan fingerprint density at radius 1 is 1.67 bits per heavy atom. The maximum atomic E-state index is 10.6. The molecule has 0 bridgehead atoms. The number of hydrazine groups is 1. The van der Waals surface area contributed by atoms with Crippen LogP contribution in [-0.4, -0.2) is 17.0 Å². The molecule has 0 aliphatic heterocycles. The van der Waals surface area contributed by atoms with Crippen LogP contribution >= 0.6 is 0 Å². The van der Waals surface area contributed by atoms with Crippen LogP contribution in [0.5, 0.6) is 0 Å². The average molecular weight is 128 g/mol. The molecule has 1 fully saturated rings. The van der Waals surface area contributed by atoms with Crippen molar-refractivity contribution in [1.82, 2.24) is 5.01 Å². The zero-order valence-electron chi connectivity index (χ0n) is 5.63. The Hall–Kier alpha value is -0.570. The van der Waals surface area contributed by atoms with Crippen LogP contribution in [0.1, 0.15) is 26.2 Å². The molecule has 0 aromatic carbocycles. The molecule has 0 spiro atoms. The summed E-state index contributed by atoms with van der Waals surface area (Å²) < 4.78 is 0. The van der Waals surface area contributed by atoms with Crippen molar-refractivity contribution in [2.24, 2.45) is 5.84 Å². The van der Waals surface area contributed by atoms with E-state index in [4.69, 9.17) is 5.84 Å². The fourth-order valence-corrected chi connectivity index (χ4v) is 0.922. The van der Waals surface area contributed by atoms with Gasteiger partial charge in [-0.1, -0.05) is 0 Å². The van der Waals surface area contributed by atoms with E-state index in [1.165, 1.54) is 18.4 Å². The van der Waals surface area contributed by atoms with E-state index in [1.54, 1.807) is 0 Å². The molecule has 0 radical (unpaired) electrons. The van der Waals surface area contributed by atoms with Crippen LogP contribution in [-0.2, 0) is 4.79 Å². The highest BCUT2D eigenvalue weighted by molar-refractivity contribution is 5.72. The van der Waals surface area contributed by atoms with Gasteiger partial charge in [0.05, 0.1) is 0 Å². The lowest BCUT2D eigenvalue weighted by atomic mass is 9.93. The topological polar surface area (TPSA) is 46.3 Å². The first-order valence-electron chi connectivity index (χ1n) is 3.26. The van der Waals surface area contributed by atoms with Crippen molar-refractivity contribution in [1.29, 1.82) is 0 Å². The van der Waals surface area contributed by atoms with Crippen molar-refractivity contribution in [2.75, 3.05) is 0 Å². The van der Waals surface area contributed by atoms with E-state index in [-0.39, 0.29) is 5.91 Å². The minimum Gasteiger partial charge on any atom is -0.278 e. The van der Waals surface area contributed by atoms with Crippen molar-refractivity contribution in [3.05, 3.63) is 0 Å². The standard InChI is InChI=1S/C6H12N2O/c1-5(9)8(7)6-3-2-4-6/h6H,2-4,7H2,1H3. The minimum atomic E-state index is -0.0281. The molecule has 1 rings (SSSR count). The summed E-state index contributed by atoms with van der Waals surface area (Å²) in [5, 5.41) is 1.34. The third-order valence-corrected chi connectivity index (χ3v) is 1.83. The Labute approximate surface area is 54.8 Å². The van der Waals surface area contributed by atoms with Gasteiger partial charge in [-0.3, -0.25) is 9.80 Å². The molecule has 0 atom stereocenters. The van der Waals surface area contributed by atoms with Crippen LogP contribution in [0.2, 0.25) is 0 Å². The van der Waals surface area contributed by atoms with Gasteiger partial charge in [0.1, 0.15) is 0 Å². The molecule has 2 N–H and O–H groups in total. The van der Waals surface area contributed by atoms with Gasteiger partial charge >= 0.3 is 0 Å². The molecule has 1 aliphatic rings. The number of rotatable bonds is 1. The lowest BCUT2D eigenvalue weighted by Gasteiger charge is -2.33. The normalized spacial score (nSPS) is 18.9. The van der Waals surface area contributed by atoms with Crippen LogP contribution in [0, 0.1) is 0 Å². The van der Waals surface area contributed by atoms with E-state index in [9.17, 15) is 4.79 Å². The molecule has 1 amide bonds. The van der Waals surface area contributed by atoms with Gasteiger partial charge in [-0.15, -0.1) is 0 Å². The third kappa shape index (κ3) is 1.21. The smallest absolute Gasteiger partial charge is 0.233 e. The highest BCUT2D eigenvalue weighted by Gasteiger charge is 2.23. The maximum absolute atomic E-state index is 10.6. The van der Waals surface area contributed by atoms with Crippen LogP contribution in [0.4, 0.5) is 0 Å². The summed E-state index contributed by atoms with van der Waals surface area (Å²) in [6.45, 7) is 1.50. The molecule has 1 aliphatic carbocycles. The van der Waals surface area contributed by atoms with Gasteiger partial charge in [-0.2, -0.15) is 0 Å². The second kappa shape index (κ2) is 2.35. The largest absolute Gasteiger partial charge is 0.278 e. The van der Waals surface area contributed by atoms with Gasteiger partial charge in [0.2, 0.25) is 5.91 Å². The predicted octanol–water partition coefficient (Wildman–Crippen LogP) is 0.261. The van der Waals surface area contributed by atoms with Crippen LogP contribution in [0.25, 0.3) is 0 Å². The first-order chi connectivity index (χ1) is 4.22. The minimum absolute atomic E-state index is 0.0281. The van der Waals surface area contributed by atoms with E-state index in [1.807, 2.05) is 0 Å². The monoisotopic (exact) mass is 128 g/mol. The first kappa shape index (κ1) is 6.55. The van der Waals surface area contributed by atoms with Crippen molar-refractivity contribution in [3.8, 4) is 0 Å². The van der Waals surface area contributed by atoms with Gasteiger partial charge in [0.15, 0.2) is 0 Å². The number of amides is 1. The van der Waals surface area contributed by atoms with Gasteiger partial charge < -0.3 is 0 Å². The Kier molecular flexibility index (Phi) is 1.71. The number of hydrogen-bond donors (Lipinski definition) is 1. The van der Waals surface area contributed by atoms with Crippen LogP contribution in [0.3, 0.4) is 0 Å². The van der Waals surface area contributed by atoms with E-state index in [0.29, 0.717) is 6.04 Å².